The van der Waals surface area contributed by atoms with Crippen LogP contribution in [0.1, 0.15) is 38.5 Å². The molecule has 0 saturated carbocycles. The number of unbranched alkanes of at least 4 members (excludes halogenated alkanes) is 3. The second-order valence-electron chi connectivity index (χ2n) is 4.40. The third-order valence-corrected chi connectivity index (χ3v) is 3.00. The van der Waals surface area contributed by atoms with Gasteiger partial charge in [0.1, 0.15) is 0 Å². The summed E-state index contributed by atoms with van der Waals surface area (Å²) in [6.07, 6.45) is 9.00. The number of amides is 1. The summed E-state index contributed by atoms with van der Waals surface area (Å²) in [5.41, 5.74) is 0. The van der Waals surface area contributed by atoms with E-state index in [1.165, 1.54) is 25.7 Å². The van der Waals surface area contributed by atoms with Crippen molar-refractivity contribution >= 4 is 5.91 Å². The average molecular weight is 224 g/mol. The van der Waals surface area contributed by atoms with Crippen molar-refractivity contribution in [3.63, 3.8) is 0 Å². The summed E-state index contributed by atoms with van der Waals surface area (Å²) in [5, 5.41) is 3.22. The Morgan fingerprint density at radius 3 is 2.69 bits per heavy atom. The van der Waals surface area contributed by atoms with Crippen molar-refractivity contribution in [1.29, 1.82) is 0 Å². The Morgan fingerprint density at radius 2 is 2.00 bits per heavy atom. The van der Waals surface area contributed by atoms with Gasteiger partial charge in [-0.3, -0.25) is 4.79 Å². The van der Waals surface area contributed by atoms with Gasteiger partial charge in [0.2, 0.25) is 5.91 Å². The van der Waals surface area contributed by atoms with Crippen molar-refractivity contribution in [2.24, 2.45) is 0 Å². The first-order valence-corrected chi connectivity index (χ1v) is 6.44. The fourth-order valence-corrected chi connectivity index (χ4v) is 1.99. The minimum atomic E-state index is 0.267. The van der Waals surface area contributed by atoms with Gasteiger partial charge in [0.25, 0.3) is 0 Å². The van der Waals surface area contributed by atoms with Crippen LogP contribution in [-0.4, -0.2) is 37.0 Å². The molecule has 3 heteroatoms. The third kappa shape index (κ3) is 5.31. The molecule has 0 aromatic heterocycles. The van der Waals surface area contributed by atoms with E-state index in [2.05, 4.69) is 11.9 Å². The maximum Gasteiger partial charge on any atom is 0.236 e. The molecule has 0 radical (unpaired) electrons. The zero-order valence-corrected chi connectivity index (χ0v) is 10.2. The van der Waals surface area contributed by atoms with E-state index in [4.69, 9.17) is 0 Å². The Bertz CT molecular complexity index is 210. The molecule has 0 aromatic rings. The van der Waals surface area contributed by atoms with Crippen LogP contribution in [0, 0.1) is 0 Å². The van der Waals surface area contributed by atoms with Crippen molar-refractivity contribution < 1.29 is 4.79 Å². The topological polar surface area (TPSA) is 32.3 Å². The first-order chi connectivity index (χ1) is 7.84. The van der Waals surface area contributed by atoms with E-state index in [0.717, 1.165) is 32.5 Å². The highest BCUT2D eigenvalue weighted by atomic mass is 16.2. The van der Waals surface area contributed by atoms with E-state index in [0.29, 0.717) is 6.54 Å². The summed E-state index contributed by atoms with van der Waals surface area (Å²) in [7, 11) is 0. The number of hydrogen-bond donors (Lipinski definition) is 1. The number of nitrogens with one attached hydrogen (secondary N) is 1. The zero-order chi connectivity index (χ0) is 11.6. The molecule has 1 fully saturated rings. The van der Waals surface area contributed by atoms with Crippen molar-refractivity contribution in [2.75, 3.05) is 26.2 Å². The van der Waals surface area contributed by atoms with Crippen molar-refractivity contribution in [3.8, 4) is 0 Å². The quantitative estimate of drug-likeness (QED) is 0.505. The van der Waals surface area contributed by atoms with Gasteiger partial charge in [0.05, 0.1) is 6.54 Å². The standard InChI is InChI=1S/C13H24N2O/c1-2-3-4-5-6-9-14-12-13(16)15-10-7-8-11-15/h2,14H,1,3-12H2. The summed E-state index contributed by atoms with van der Waals surface area (Å²) in [5.74, 6) is 0.267. The predicted molar refractivity (Wildman–Crippen MR) is 67.3 cm³/mol. The molecule has 0 aromatic carbocycles. The molecule has 1 rings (SSSR count). The molecule has 0 spiro atoms. The lowest BCUT2D eigenvalue weighted by atomic mass is 10.2. The van der Waals surface area contributed by atoms with Gasteiger partial charge in [0, 0.05) is 13.1 Å². The fraction of sp³-hybridized carbons (Fsp3) is 0.769. The minimum Gasteiger partial charge on any atom is -0.342 e. The van der Waals surface area contributed by atoms with Crippen LogP contribution < -0.4 is 5.32 Å². The first-order valence-electron chi connectivity index (χ1n) is 6.44. The molecule has 1 aliphatic heterocycles. The Labute approximate surface area is 98.9 Å². The number of carbonyl (C=O) groups excluding carboxylic acids is 1. The molecule has 0 unspecified atom stereocenters. The highest BCUT2D eigenvalue weighted by Gasteiger charge is 2.16. The minimum absolute atomic E-state index is 0.267. The number of nitrogens with zero attached hydrogens (tertiary/aromatic N) is 1. The van der Waals surface area contributed by atoms with Crippen molar-refractivity contribution in [2.45, 2.75) is 38.5 Å². The van der Waals surface area contributed by atoms with Gasteiger partial charge in [-0.05, 0) is 38.6 Å². The van der Waals surface area contributed by atoms with Gasteiger partial charge in [-0.1, -0.05) is 12.5 Å². The van der Waals surface area contributed by atoms with Crippen LogP contribution >= 0.6 is 0 Å². The molecular formula is C13H24N2O. The summed E-state index contributed by atoms with van der Waals surface area (Å²) in [6, 6.07) is 0. The van der Waals surface area contributed by atoms with Gasteiger partial charge < -0.3 is 10.2 Å². The van der Waals surface area contributed by atoms with Gasteiger partial charge in [-0.25, -0.2) is 0 Å². The van der Waals surface area contributed by atoms with Crippen LogP contribution in [0.3, 0.4) is 0 Å². The van der Waals surface area contributed by atoms with Crippen LogP contribution in [0.25, 0.3) is 0 Å². The Morgan fingerprint density at radius 1 is 1.25 bits per heavy atom. The summed E-state index contributed by atoms with van der Waals surface area (Å²) in [4.78, 5) is 13.6. The Kier molecular flexibility index (Phi) is 6.90. The number of likely N-dealkylation sites (tertiary alicyclic amines) is 1. The monoisotopic (exact) mass is 224 g/mol. The zero-order valence-electron chi connectivity index (χ0n) is 10.2. The average Bonchev–Trinajstić information content (AvgIpc) is 2.81. The third-order valence-electron chi connectivity index (χ3n) is 3.00. The SMILES string of the molecule is C=CCCCCCNCC(=O)N1CCCC1. The van der Waals surface area contributed by atoms with E-state index in [1.54, 1.807) is 0 Å². The normalized spacial score (nSPS) is 15.4. The van der Waals surface area contributed by atoms with Crippen molar-refractivity contribution in [3.05, 3.63) is 12.7 Å². The summed E-state index contributed by atoms with van der Waals surface area (Å²) in [6.45, 7) is 7.08. The highest BCUT2D eigenvalue weighted by Crippen LogP contribution is 2.06. The summed E-state index contributed by atoms with van der Waals surface area (Å²) >= 11 is 0. The van der Waals surface area contributed by atoms with E-state index in [9.17, 15) is 4.79 Å². The number of carbonyl (C=O) groups is 1. The van der Waals surface area contributed by atoms with Crippen LogP contribution in [0.5, 0.6) is 0 Å². The molecule has 3 nitrogen and oxygen atoms in total. The van der Waals surface area contributed by atoms with Crippen molar-refractivity contribution in [1.82, 2.24) is 10.2 Å². The largest absolute Gasteiger partial charge is 0.342 e. The maximum atomic E-state index is 11.6. The van der Waals surface area contributed by atoms with Crippen LogP contribution in [-0.2, 0) is 4.79 Å². The van der Waals surface area contributed by atoms with Gasteiger partial charge in [-0.15, -0.1) is 6.58 Å². The second kappa shape index (κ2) is 8.34. The van der Waals surface area contributed by atoms with E-state index in [1.807, 2.05) is 11.0 Å². The van der Waals surface area contributed by atoms with E-state index >= 15 is 0 Å². The second-order valence-corrected chi connectivity index (χ2v) is 4.40. The molecule has 16 heavy (non-hydrogen) atoms. The Balaban J connectivity index is 1.90. The van der Waals surface area contributed by atoms with E-state index in [-0.39, 0.29) is 5.91 Å². The van der Waals surface area contributed by atoms with E-state index < -0.39 is 0 Å². The molecule has 0 aliphatic carbocycles. The Hall–Kier alpha value is -0.830. The van der Waals surface area contributed by atoms with Crippen LogP contribution in [0.4, 0.5) is 0 Å². The molecule has 1 aliphatic rings. The molecule has 0 atom stereocenters. The first kappa shape index (κ1) is 13.2. The van der Waals surface area contributed by atoms with Gasteiger partial charge >= 0.3 is 0 Å². The number of allylic oxidation sites excluding steroid dienone is 1. The van der Waals surface area contributed by atoms with Crippen LogP contribution in [0.2, 0.25) is 0 Å². The number of hydrogen-bond acceptors (Lipinski definition) is 2. The molecule has 1 heterocycles. The molecule has 0 bridgehead atoms. The lowest BCUT2D eigenvalue weighted by Gasteiger charge is -2.15. The molecule has 1 saturated heterocycles. The molecular weight excluding hydrogens is 200 g/mol. The van der Waals surface area contributed by atoms with Gasteiger partial charge in [0.15, 0.2) is 0 Å². The van der Waals surface area contributed by atoms with Crippen LogP contribution in [0.15, 0.2) is 12.7 Å². The molecule has 1 amide bonds. The summed E-state index contributed by atoms with van der Waals surface area (Å²) < 4.78 is 0. The molecule has 1 N–H and O–H groups in total. The lowest BCUT2D eigenvalue weighted by Crippen LogP contribution is -2.36. The maximum absolute atomic E-state index is 11.6. The smallest absolute Gasteiger partial charge is 0.236 e. The lowest BCUT2D eigenvalue weighted by molar-refractivity contribution is -0.129. The highest BCUT2D eigenvalue weighted by molar-refractivity contribution is 5.78. The molecule has 92 valence electrons. The number of rotatable bonds is 8. The predicted octanol–water partition coefficient (Wildman–Crippen LogP) is 1.94. The fourth-order valence-electron chi connectivity index (χ4n) is 1.99. The van der Waals surface area contributed by atoms with Gasteiger partial charge in [-0.2, -0.15) is 0 Å².